The summed E-state index contributed by atoms with van der Waals surface area (Å²) >= 11 is 0.702. The molecule has 1 amide bonds. The number of aldehydes is 1. The van der Waals surface area contributed by atoms with Crippen LogP contribution in [0.1, 0.15) is 65.4 Å². The highest BCUT2D eigenvalue weighted by Gasteiger charge is 2.27. The van der Waals surface area contributed by atoms with Gasteiger partial charge in [-0.15, -0.1) is 0 Å². The molecule has 4 rings (SSSR count). The second-order valence-electron chi connectivity index (χ2n) is 9.77. The lowest BCUT2D eigenvalue weighted by molar-refractivity contribution is -0.132. The molecule has 1 atom stereocenters. The Labute approximate surface area is 241 Å². The van der Waals surface area contributed by atoms with Crippen molar-refractivity contribution in [2.75, 3.05) is 26.8 Å². The summed E-state index contributed by atoms with van der Waals surface area (Å²) in [7, 11) is 1.27. The van der Waals surface area contributed by atoms with Crippen LogP contribution in [-0.2, 0) is 27.3 Å². The number of hydrogen-bond acceptors (Lipinski definition) is 9. The zero-order chi connectivity index (χ0) is 29.4. The van der Waals surface area contributed by atoms with Gasteiger partial charge in [0, 0.05) is 25.5 Å². The first-order valence-corrected chi connectivity index (χ1v) is 14.6. The predicted octanol–water partition coefficient (Wildman–Crippen LogP) is 3.16. The molecule has 0 spiro atoms. The molecule has 218 valence electrons. The smallest absolute Gasteiger partial charge is 0.338 e. The van der Waals surface area contributed by atoms with Crippen LogP contribution in [0.4, 0.5) is 0 Å². The van der Waals surface area contributed by atoms with Crippen LogP contribution in [0.5, 0.6) is 5.75 Å². The summed E-state index contributed by atoms with van der Waals surface area (Å²) in [6.45, 7) is 3.53. The second-order valence-corrected chi connectivity index (χ2v) is 11.0. The van der Waals surface area contributed by atoms with Crippen LogP contribution in [0.3, 0.4) is 0 Å². The molecule has 0 N–H and O–H groups in total. The number of methoxy groups -OCH3 is 1. The maximum Gasteiger partial charge on any atom is 0.338 e. The van der Waals surface area contributed by atoms with Gasteiger partial charge in [0.05, 0.1) is 24.5 Å². The highest BCUT2D eigenvalue weighted by Crippen LogP contribution is 2.25. The number of piperidine rings is 1. The second kappa shape index (κ2) is 14.1. The molecule has 3 aromatic rings. The van der Waals surface area contributed by atoms with Gasteiger partial charge in [-0.1, -0.05) is 43.3 Å². The normalized spacial score (nSPS) is 14.0. The molecule has 11 nitrogen and oxygen atoms in total. The number of thioether (sulfide) groups is 1. The van der Waals surface area contributed by atoms with Gasteiger partial charge in [0.25, 0.3) is 0 Å². The van der Waals surface area contributed by atoms with E-state index < -0.39 is 21.9 Å². The maximum absolute atomic E-state index is 13.6. The van der Waals surface area contributed by atoms with E-state index in [2.05, 4.69) is 4.98 Å². The van der Waals surface area contributed by atoms with Crippen LogP contribution in [0.2, 0.25) is 0 Å². The summed E-state index contributed by atoms with van der Waals surface area (Å²) in [5.74, 6) is -0.708. The van der Waals surface area contributed by atoms with E-state index in [9.17, 15) is 24.0 Å². The first-order valence-electron chi connectivity index (χ1n) is 13.7. The van der Waals surface area contributed by atoms with E-state index in [1.54, 1.807) is 39.9 Å². The van der Waals surface area contributed by atoms with Gasteiger partial charge >= 0.3 is 11.5 Å². The average molecular weight is 583 g/mol. The Kier molecular flexibility index (Phi) is 10.3. The molecule has 12 heteroatoms. The molecule has 1 aromatic carbocycles. The van der Waals surface area contributed by atoms with Crippen molar-refractivity contribution in [1.29, 1.82) is 0 Å². The molecule has 1 aliphatic rings. The Bertz CT molecular complexity index is 1480. The molecule has 3 heterocycles. The lowest BCUT2D eigenvalue weighted by Crippen LogP contribution is -2.37. The third kappa shape index (κ3) is 7.05. The third-order valence-electron chi connectivity index (χ3n) is 6.91. The molecule has 41 heavy (non-hydrogen) atoms. The van der Waals surface area contributed by atoms with Crippen molar-refractivity contribution < 1.29 is 28.7 Å². The number of unbranched alkanes of at least 4 members (excludes halogenated alkanes) is 1. The lowest BCUT2D eigenvalue weighted by Gasteiger charge is -2.26. The van der Waals surface area contributed by atoms with Crippen LogP contribution < -0.4 is 10.3 Å². The quantitative estimate of drug-likeness (QED) is 0.180. The van der Waals surface area contributed by atoms with Crippen molar-refractivity contribution >= 4 is 40.8 Å². The van der Waals surface area contributed by atoms with Gasteiger partial charge in [-0.05, 0) is 43.7 Å². The minimum absolute atomic E-state index is 0.0268. The minimum atomic E-state index is -0.871. The van der Waals surface area contributed by atoms with Gasteiger partial charge in [-0.2, -0.15) is 0 Å². The van der Waals surface area contributed by atoms with Gasteiger partial charge in [0.1, 0.15) is 12.8 Å². The van der Waals surface area contributed by atoms with Crippen molar-refractivity contribution in [3.05, 3.63) is 63.8 Å². The maximum atomic E-state index is 13.6. The Morgan fingerprint density at radius 3 is 2.59 bits per heavy atom. The first-order chi connectivity index (χ1) is 19.9. The fourth-order valence-corrected chi connectivity index (χ4v) is 5.53. The molecule has 1 fully saturated rings. The highest BCUT2D eigenvalue weighted by atomic mass is 32.2. The number of amides is 1. The van der Waals surface area contributed by atoms with Crippen LogP contribution in [0.15, 0.2) is 41.5 Å². The fourth-order valence-electron chi connectivity index (χ4n) is 4.69. The van der Waals surface area contributed by atoms with E-state index in [0.29, 0.717) is 48.7 Å². The van der Waals surface area contributed by atoms with Crippen molar-refractivity contribution in [3.63, 3.8) is 0 Å². The molecule has 2 aromatic heterocycles. The van der Waals surface area contributed by atoms with E-state index in [-0.39, 0.29) is 42.7 Å². The highest BCUT2D eigenvalue weighted by molar-refractivity contribution is 8.15. The largest absolute Gasteiger partial charge is 0.486 e. The number of carbonyl (C=O) groups is 4. The summed E-state index contributed by atoms with van der Waals surface area (Å²) in [6.07, 6.45) is 8.26. The van der Waals surface area contributed by atoms with Crippen LogP contribution in [0.25, 0.3) is 5.78 Å². The van der Waals surface area contributed by atoms with Gasteiger partial charge in [0.15, 0.2) is 5.69 Å². The number of benzene rings is 1. The SMILES string of the molecule is CCCCOc1c(C(=O)SC(C=O)Cc2ccccc2C(=O)OC)nc2n(CC(=O)N3CCCCC3)ccn2c1=O. The van der Waals surface area contributed by atoms with E-state index in [4.69, 9.17) is 9.47 Å². The van der Waals surface area contributed by atoms with Gasteiger partial charge in [-0.25, -0.2) is 14.2 Å². The van der Waals surface area contributed by atoms with E-state index >= 15 is 0 Å². The summed E-state index contributed by atoms with van der Waals surface area (Å²) < 4.78 is 13.4. The van der Waals surface area contributed by atoms with Crippen molar-refractivity contribution in [3.8, 4) is 5.75 Å². The lowest BCUT2D eigenvalue weighted by atomic mass is 10.0. The van der Waals surface area contributed by atoms with Crippen molar-refractivity contribution in [2.45, 2.75) is 57.2 Å². The van der Waals surface area contributed by atoms with Crippen molar-refractivity contribution in [2.24, 2.45) is 0 Å². The number of esters is 1. The third-order valence-corrected chi connectivity index (χ3v) is 7.90. The summed E-state index contributed by atoms with van der Waals surface area (Å²) in [5, 5.41) is -1.50. The fraction of sp³-hybridized carbons (Fsp3) is 0.448. The van der Waals surface area contributed by atoms with Crippen LogP contribution in [-0.4, -0.2) is 74.2 Å². The molecule has 0 bridgehead atoms. The number of nitrogens with zero attached hydrogens (tertiary/aromatic N) is 4. The Hall–Kier alpha value is -3.93. The summed E-state index contributed by atoms with van der Waals surface area (Å²) in [5.41, 5.74) is 0.0599. The predicted molar refractivity (Wildman–Crippen MR) is 154 cm³/mol. The van der Waals surface area contributed by atoms with Gasteiger partial charge < -0.3 is 23.7 Å². The number of likely N-dealkylation sites (tertiary alicyclic amines) is 1. The number of carbonyl (C=O) groups excluding carboxylic acids is 4. The molecule has 1 unspecified atom stereocenters. The van der Waals surface area contributed by atoms with Crippen LogP contribution >= 0.6 is 11.8 Å². The molecule has 0 saturated carbocycles. The zero-order valence-corrected chi connectivity index (χ0v) is 24.1. The number of hydrogen-bond donors (Lipinski definition) is 0. The summed E-state index contributed by atoms with van der Waals surface area (Å²) in [4.78, 5) is 70.5. The molecular weight excluding hydrogens is 548 g/mol. The molecular formula is C29H34N4O7S. The number of ether oxygens (including phenoxy) is 2. The summed E-state index contributed by atoms with van der Waals surface area (Å²) in [6, 6.07) is 6.69. The van der Waals surface area contributed by atoms with Crippen molar-refractivity contribution in [1.82, 2.24) is 18.9 Å². The number of aromatic nitrogens is 3. The van der Waals surface area contributed by atoms with Gasteiger partial charge in [-0.3, -0.25) is 14.4 Å². The average Bonchev–Trinajstić information content (AvgIpc) is 3.40. The topological polar surface area (TPSA) is 129 Å². The monoisotopic (exact) mass is 582 g/mol. The first kappa shape index (κ1) is 30.0. The number of rotatable bonds is 12. The Morgan fingerprint density at radius 2 is 1.88 bits per heavy atom. The molecule has 0 aliphatic carbocycles. The van der Waals surface area contributed by atoms with E-state index in [1.165, 1.54) is 17.7 Å². The standard InChI is InChI=1S/C29H34N4O7S/c1-3-4-16-40-25-24(28(38)41-21(19-34)17-20-10-6-7-11-22(20)27(37)39-2)30-29-32(14-15-33(29)26(25)36)18-23(35)31-12-8-5-9-13-31/h6-7,10-11,14-15,19,21H,3-5,8-9,12-13,16-18H2,1-2H3. The Morgan fingerprint density at radius 1 is 1.12 bits per heavy atom. The number of fused-ring (bicyclic) bond motifs is 1. The van der Waals surface area contributed by atoms with E-state index in [0.717, 1.165) is 25.7 Å². The molecule has 0 radical (unpaired) electrons. The zero-order valence-electron chi connectivity index (χ0n) is 23.2. The van der Waals surface area contributed by atoms with E-state index in [1.807, 2.05) is 6.92 Å². The number of imidazole rings is 1. The minimum Gasteiger partial charge on any atom is -0.486 e. The Balaban J connectivity index is 1.65. The van der Waals surface area contributed by atoms with Crippen LogP contribution in [0, 0.1) is 0 Å². The molecule has 1 aliphatic heterocycles. The van der Waals surface area contributed by atoms with Gasteiger partial charge in [0.2, 0.25) is 22.5 Å². The molecule has 1 saturated heterocycles.